The quantitative estimate of drug-likeness (QED) is 0.0154. The molecule has 0 aromatic heterocycles. The molecule has 0 spiro atoms. The smallest absolute Gasteiger partial charge is 0.434 e. The molecule has 0 heterocycles. The lowest BCUT2D eigenvalue weighted by Gasteiger charge is -2.25. The third-order valence-electron chi connectivity index (χ3n) is 18.3. The summed E-state index contributed by atoms with van der Waals surface area (Å²) in [6.45, 7) is 49.9. The number of nitrogens with one attached hydrogen (secondary N) is 10. The summed E-state index contributed by atoms with van der Waals surface area (Å²) in [4.78, 5) is 196. The summed E-state index contributed by atoms with van der Waals surface area (Å²) < 4.78 is 43.6. The summed E-state index contributed by atoms with van der Waals surface area (Å²) in [6, 6.07) is -5.56. The van der Waals surface area contributed by atoms with Gasteiger partial charge in [0.25, 0.3) is 0 Å². The van der Waals surface area contributed by atoms with E-state index in [4.69, 9.17) is 37.9 Å². The molecule has 0 fully saturated rings. The number of unbranched alkanes of at least 4 members (excludes halogenated alkanes) is 10. The molecule has 35 nitrogen and oxygen atoms in total. The second-order valence-electron chi connectivity index (χ2n) is 40.9. The first-order chi connectivity index (χ1) is 59.0. The average Bonchev–Trinajstić information content (AvgIpc) is 0.907. The van der Waals surface area contributed by atoms with Crippen LogP contribution in [0.1, 0.15) is 373 Å². The minimum absolute atomic E-state index is 0.0904. The Morgan fingerprint density at radius 2 is 0.453 bits per heavy atom. The fraction of sp³-hybridized carbons (Fsp3) is 0.828. The minimum atomic E-state index is -0.968. The Labute approximate surface area is 765 Å². The van der Waals surface area contributed by atoms with Crippen molar-refractivity contribution in [3.8, 4) is 0 Å². The summed E-state index contributed by atoms with van der Waals surface area (Å²) in [5.74, 6) is -2.11. The molecule has 0 radical (unpaired) electrons. The predicted molar refractivity (Wildman–Crippen MR) is 496 cm³/mol. The SMILES string of the molecule is CCCN(CCCNC(=O)[C@H](CCCCCC(=O)[C@H](CCCCNC(=O)[C@H](CCCCCC(C)=NC(=O)OC(C)(C)C)NC(=O)OC(C)(C)C)NC(=O)OC(C)(C)C)NC(=O)OC(C)(C)C)CCCNC(=O)[C@H](CCCCCC(=O)[C@H](CCCCNC(=O)[C@H](CCCCCC(C)=NC(=O)OC(C)(C)C)NC(=O)OC(C)(C)C)NC(=O)OC(C)(C)C)NC(=O)OC(C)(C)C. The molecular weight excluding hydrogens is 1650 g/mol. The first-order valence-electron chi connectivity index (χ1n) is 46.4. The van der Waals surface area contributed by atoms with Crippen LogP contribution in [0.5, 0.6) is 0 Å². The maximum Gasteiger partial charge on any atom is 0.434 e. The van der Waals surface area contributed by atoms with Crippen molar-refractivity contribution >= 4 is 95.4 Å². The van der Waals surface area contributed by atoms with Crippen molar-refractivity contribution in [2.24, 2.45) is 9.98 Å². The van der Waals surface area contributed by atoms with Gasteiger partial charge in [-0.1, -0.05) is 58.3 Å². The minimum Gasteiger partial charge on any atom is -0.444 e. The van der Waals surface area contributed by atoms with E-state index >= 15 is 0 Å². The fourth-order valence-electron chi connectivity index (χ4n) is 12.7. The molecule has 12 amide bonds. The first-order valence-corrected chi connectivity index (χ1v) is 46.4. The molecule has 6 atom stereocenters. The number of nitrogens with zero attached hydrogens (tertiary/aromatic N) is 3. The Hall–Kier alpha value is -8.92. The molecule has 0 bridgehead atoms. The van der Waals surface area contributed by atoms with Crippen LogP contribution in [0.25, 0.3) is 0 Å². The van der Waals surface area contributed by atoms with E-state index in [0.717, 1.165) is 13.0 Å². The Morgan fingerprint density at radius 1 is 0.250 bits per heavy atom. The van der Waals surface area contributed by atoms with Crippen molar-refractivity contribution in [2.45, 2.75) is 454 Å². The number of carbonyl (C=O) groups is 14. The van der Waals surface area contributed by atoms with Crippen LogP contribution in [0.15, 0.2) is 9.98 Å². The van der Waals surface area contributed by atoms with Gasteiger partial charge in [-0.25, -0.2) is 38.4 Å². The molecule has 0 saturated heterocycles. The first kappa shape index (κ1) is 119. The molecule has 0 aromatic carbocycles. The van der Waals surface area contributed by atoms with Gasteiger partial charge in [-0.2, -0.15) is 9.98 Å². The third-order valence-corrected chi connectivity index (χ3v) is 18.3. The highest BCUT2D eigenvalue weighted by Crippen LogP contribution is 2.21. The molecular formula is C93H169N13O22. The van der Waals surface area contributed by atoms with Crippen LogP contribution in [0, 0.1) is 0 Å². The zero-order valence-corrected chi connectivity index (χ0v) is 83.2. The summed E-state index contributed by atoms with van der Waals surface area (Å²) in [7, 11) is 0. The van der Waals surface area contributed by atoms with Gasteiger partial charge in [-0.05, 0) is 322 Å². The van der Waals surface area contributed by atoms with Gasteiger partial charge in [0.05, 0.1) is 12.1 Å². The highest BCUT2D eigenvalue weighted by Gasteiger charge is 2.32. The fourth-order valence-corrected chi connectivity index (χ4v) is 12.7. The number of ether oxygens (including phenoxy) is 8. The van der Waals surface area contributed by atoms with E-state index in [1.54, 1.807) is 180 Å². The lowest BCUT2D eigenvalue weighted by atomic mass is 9.99. The highest BCUT2D eigenvalue weighted by atomic mass is 16.6. The van der Waals surface area contributed by atoms with Crippen LogP contribution in [-0.4, -0.2) is 227 Å². The number of ketones is 2. The largest absolute Gasteiger partial charge is 0.444 e. The molecule has 0 aromatic rings. The number of hydrogen-bond donors (Lipinski definition) is 10. The zero-order valence-electron chi connectivity index (χ0n) is 83.2. The summed E-state index contributed by atoms with van der Waals surface area (Å²) >= 11 is 0. The normalized spacial score (nSPS) is 13.9. The van der Waals surface area contributed by atoms with E-state index in [0.29, 0.717) is 166 Å². The Morgan fingerprint density at radius 3 is 0.680 bits per heavy atom. The Balaban J connectivity index is 5.90. The molecule has 0 aliphatic rings. The van der Waals surface area contributed by atoms with E-state index in [9.17, 15) is 67.1 Å². The van der Waals surface area contributed by atoms with E-state index < -0.39 is 153 Å². The number of carbonyl (C=O) groups excluding carboxylic acids is 14. The van der Waals surface area contributed by atoms with Crippen LogP contribution in [-0.2, 0) is 66.7 Å². The van der Waals surface area contributed by atoms with Crippen molar-refractivity contribution in [3.63, 3.8) is 0 Å². The van der Waals surface area contributed by atoms with Gasteiger partial charge in [0.1, 0.15) is 69.0 Å². The Kier molecular flexibility index (Phi) is 55.9. The summed E-state index contributed by atoms with van der Waals surface area (Å²) in [6.07, 6.45) is 7.24. The van der Waals surface area contributed by atoms with Crippen molar-refractivity contribution in [2.75, 3.05) is 45.8 Å². The molecule has 0 aliphatic carbocycles. The lowest BCUT2D eigenvalue weighted by molar-refractivity contribution is -0.124. The van der Waals surface area contributed by atoms with Gasteiger partial charge < -0.3 is 96.0 Å². The van der Waals surface area contributed by atoms with Crippen molar-refractivity contribution in [1.82, 2.24) is 58.1 Å². The number of aliphatic imine (C=N–C) groups is 2. The maximum absolute atomic E-state index is 13.9. The van der Waals surface area contributed by atoms with Crippen LogP contribution in [0.3, 0.4) is 0 Å². The summed E-state index contributed by atoms with van der Waals surface area (Å²) in [5, 5.41) is 28.1. The van der Waals surface area contributed by atoms with Crippen molar-refractivity contribution in [3.05, 3.63) is 0 Å². The predicted octanol–water partition coefficient (Wildman–Crippen LogP) is 16.4. The second kappa shape index (κ2) is 60.1. The van der Waals surface area contributed by atoms with Gasteiger partial charge in [-0.3, -0.25) is 28.8 Å². The van der Waals surface area contributed by atoms with Crippen LogP contribution < -0.4 is 53.2 Å². The lowest BCUT2D eigenvalue weighted by Crippen LogP contribution is -2.48. The van der Waals surface area contributed by atoms with Crippen molar-refractivity contribution in [1.29, 1.82) is 0 Å². The number of amides is 12. The molecule has 0 unspecified atom stereocenters. The highest BCUT2D eigenvalue weighted by molar-refractivity contribution is 5.93. The molecule has 0 rings (SSSR count). The van der Waals surface area contributed by atoms with Gasteiger partial charge >= 0.3 is 48.7 Å². The van der Waals surface area contributed by atoms with E-state index in [1.807, 2.05) is 6.92 Å². The second-order valence-corrected chi connectivity index (χ2v) is 40.9. The molecule has 35 heteroatoms. The van der Waals surface area contributed by atoms with Gasteiger partial charge in [0.2, 0.25) is 23.6 Å². The van der Waals surface area contributed by atoms with Crippen LogP contribution in [0.4, 0.5) is 38.4 Å². The number of hydrogen-bond acceptors (Lipinski definition) is 23. The van der Waals surface area contributed by atoms with Gasteiger partial charge in [0.15, 0.2) is 11.6 Å². The van der Waals surface area contributed by atoms with Gasteiger partial charge in [0, 0.05) is 50.4 Å². The van der Waals surface area contributed by atoms with E-state index in [1.165, 1.54) is 0 Å². The molecule has 0 saturated carbocycles. The summed E-state index contributed by atoms with van der Waals surface area (Å²) in [5.41, 5.74) is -5.09. The maximum atomic E-state index is 13.9. The van der Waals surface area contributed by atoms with Crippen LogP contribution in [0.2, 0.25) is 0 Å². The topological polar surface area (TPSA) is 461 Å². The average molecular weight is 1820 g/mol. The van der Waals surface area contributed by atoms with Crippen molar-refractivity contribution < 1.29 is 105 Å². The van der Waals surface area contributed by atoms with Crippen LogP contribution >= 0.6 is 0 Å². The third kappa shape index (κ3) is 68.2. The number of alkyl carbamates (subject to hydrolysis) is 6. The van der Waals surface area contributed by atoms with Gasteiger partial charge in [-0.15, -0.1) is 0 Å². The monoisotopic (exact) mass is 1820 g/mol. The molecule has 10 N–H and O–H groups in total. The van der Waals surface area contributed by atoms with E-state index in [-0.39, 0.29) is 76.3 Å². The number of Topliss-reactive ketones (excluding diaryl/α,β-unsaturated/α-hetero) is 2. The molecule has 738 valence electrons. The molecule has 128 heavy (non-hydrogen) atoms. The standard InChI is InChI=1S/C93H169N13O22/c1-28-61-106(62-45-59-96-76(111)70(104-84(119)127-92(22,23)24)53-37-31-39-55-72(107)66(100-80(115)123-88(10,11)12)49-41-43-57-94-74(109)68(102-82(117)125-90(16,17)18)51-35-29-33-47-64(2)98-78(113)121-86(4,5)6)63-46-60-97-77(112)71(105-85(120)128-93(25,26)27)54-38-32-40-56-73(108)67(101-81(116)124-89(13,14)15)50-42-44-58-95-75(110)69(103-83(118)126-91(19,20)21)52-36-30-34-48-65(3)99-79(114)122-87(7,8)9/h66-71H,28-63H2,1-27H3,(H,94,109)(H,95,110)(H,96,111)(H,97,112)(H,100,115)(H,101,116)(H,102,117)(H,103,118)(H,104,119)(H,105,120)/t66-,67-,68-,69-,70-,71-/m0/s1. The Bertz CT molecular complexity index is 3260. The molecule has 0 aliphatic heterocycles. The van der Waals surface area contributed by atoms with E-state index in [2.05, 4.69) is 68.1 Å². The zero-order chi connectivity index (χ0) is 97.9. The number of rotatable bonds is 56.